The molecule has 0 radical (unpaired) electrons. The number of hydrogen-bond acceptors (Lipinski definition) is 3. The van der Waals surface area contributed by atoms with Crippen LogP contribution in [0.15, 0.2) is 23.4 Å². The van der Waals surface area contributed by atoms with Crippen LogP contribution in [0.1, 0.15) is 24.5 Å². The first kappa shape index (κ1) is 12.4. The largest absolute Gasteiger partial charge is 0.490 e. The Kier molecular flexibility index (Phi) is 4.17. The molecule has 4 nitrogen and oxygen atoms in total. The molecule has 0 heterocycles. The van der Waals surface area contributed by atoms with Gasteiger partial charge in [0.05, 0.1) is 0 Å². The topological polar surface area (TPSA) is 67.8 Å². The van der Waals surface area contributed by atoms with E-state index in [-0.39, 0.29) is 11.9 Å². The first-order valence-corrected chi connectivity index (χ1v) is 5.23. The average molecular weight is 222 g/mol. The van der Waals surface area contributed by atoms with Crippen LogP contribution in [0, 0.1) is 13.8 Å². The Morgan fingerprint density at radius 3 is 2.81 bits per heavy atom. The van der Waals surface area contributed by atoms with Gasteiger partial charge < -0.3 is 15.7 Å². The Labute approximate surface area is 95.7 Å². The normalized spacial score (nSPS) is 13.6. The molecule has 0 bridgehead atoms. The summed E-state index contributed by atoms with van der Waals surface area (Å²) in [5.74, 6) is 1.02. The van der Waals surface area contributed by atoms with Crippen LogP contribution in [0.5, 0.6) is 5.75 Å². The highest BCUT2D eigenvalue weighted by Crippen LogP contribution is 2.20. The molecule has 1 aromatic carbocycles. The number of aryl methyl sites for hydroxylation is 2. The highest BCUT2D eigenvalue weighted by Gasteiger charge is 2.08. The van der Waals surface area contributed by atoms with E-state index in [1.807, 2.05) is 39.0 Å². The molecule has 1 atom stereocenters. The van der Waals surface area contributed by atoms with Crippen LogP contribution in [0.4, 0.5) is 0 Å². The van der Waals surface area contributed by atoms with E-state index in [9.17, 15) is 0 Å². The molecule has 3 N–H and O–H groups in total. The molecule has 0 aromatic heterocycles. The third-order valence-corrected chi connectivity index (χ3v) is 2.30. The summed E-state index contributed by atoms with van der Waals surface area (Å²) in [5.41, 5.74) is 7.65. The molecule has 1 unspecified atom stereocenters. The van der Waals surface area contributed by atoms with Gasteiger partial charge in [0.1, 0.15) is 17.7 Å². The van der Waals surface area contributed by atoms with Crippen molar-refractivity contribution in [2.45, 2.75) is 33.3 Å². The highest BCUT2D eigenvalue weighted by molar-refractivity contribution is 5.80. The summed E-state index contributed by atoms with van der Waals surface area (Å²) in [4.78, 5) is 0. The molecular weight excluding hydrogens is 204 g/mol. The van der Waals surface area contributed by atoms with Crippen LogP contribution in [-0.4, -0.2) is 17.1 Å². The van der Waals surface area contributed by atoms with Gasteiger partial charge in [-0.2, -0.15) is 0 Å². The summed E-state index contributed by atoms with van der Waals surface area (Å²) in [7, 11) is 0. The van der Waals surface area contributed by atoms with E-state index >= 15 is 0 Å². The molecular formula is C12H18N2O2. The molecule has 88 valence electrons. The third kappa shape index (κ3) is 3.46. The zero-order chi connectivity index (χ0) is 12.1. The molecule has 0 spiro atoms. The van der Waals surface area contributed by atoms with Gasteiger partial charge in [0, 0.05) is 6.42 Å². The fourth-order valence-electron chi connectivity index (χ4n) is 1.43. The maximum absolute atomic E-state index is 8.46. The molecule has 16 heavy (non-hydrogen) atoms. The maximum Gasteiger partial charge on any atom is 0.142 e. The van der Waals surface area contributed by atoms with Gasteiger partial charge in [-0.3, -0.25) is 0 Å². The van der Waals surface area contributed by atoms with Gasteiger partial charge in [0.15, 0.2) is 0 Å². The quantitative estimate of drug-likeness (QED) is 0.355. The summed E-state index contributed by atoms with van der Waals surface area (Å²) < 4.78 is 5.73. The van der Waals surface area contributed by atoms with Crippen LogP contribution < -0.4 is 10.5 Å². The smallest absolute Gasteiger partial charge is 0.142 e. The van der Waals surface area contributed by atoms with E-state index in [1.54, 1.807) is 0 Å². The molecule has 1 rings (SSSR count). The summed E-state index contributed by atoms with van der Waals surface area (Å²) in [6.07, 6.45) is 0.292. The SMILES string of the molecule is Cc1ccc(C)c(OC(C)CC(N)=NO)c1. The van der Waals surface area contributed by atoms with Crippen molar-refractivity contribution in [2.75, 3.05) is 0 Å². The van der Waals surface area contributed by atoms with Crippen LogP contribution in [0.2, 0.25) is 0 Å². The first-order valence-electron chi connectivity index (χ1n) is 5.23. The zero-order valence-electron chi connectivity index (χ0n) is 9.90. The minimum Gasteiger partial charge on any atom is -0.490 e. The second kappa shape index (κ2) is 5.39. The van der Waals surface area contributed by atoms with Crippen LogP contribution >= 0.6 is 0 Å². The lowest BCUT2D eigenvalue weighted by Gasteiger charge is -2.16. The van der Waals surface area contributed by atoms with Gasteiger partial charge in [-0.25, -0.2) is 0 Å². The number of nitrogens with two attached hydrogens (primary N) is 1. The molecule has 0 saturated heterocycles. The highest BCUT2D eigenvalue weighted by atomic mass is 16.5. The zero-order valence-corrected chi connectivity index (χ0v) is 9.90. The van der Waals surface area contributed by atoms with Crippen molar-refractivity contribution < 1.29 is 9.94 Å². The van der Waals surface area contributed by atoms with Crippen molar-refractivity contribution in [3.8, 4) is 5.75 Å². The fourth-order valence-corrected chi connectivity index (χ4v) is 1.43. The van der Waals surface area contributed by atoms with Gasteiger partial charge in [0.2, 0.25) is 0 Å². The minimum atomic E-state index is -0.114. The van der Waals surface area contributed by atoms with Crippen molar-refractivity contribution in [1.29, 1.82) is 0 Å². The Balaban J connectivity index is 2.69. The van der Waals surface area contributed by atoms with Gasteiger partial charge in [-0.1, -0.05) is 17.3 Å². The second-order valence-electron chi connectivity index (χ2n) is 3.99. The van der Waals surface area contributed by atoms with Crippen LogP contribution in [0.3, 0.4) is 0 Å². The van der Waals surface area contributed by atoms with Gasteiger partial charge >= 0.3 is 0 Å². The summed E-state index contributed by atoms with van der Waals surface area (Å²) in [5, 5.41) is 11.4. The van der Waals surface area contributed by atoms with Gasteiger partial charge in [-0.05, 0) is 38.0 Å². The fraction of sp³-hybridized carbons (Fsp3) is 0.417. The molecule has 0 saturated carbocycles. The third-order valence-electron chi connectivity index (χ3n) is 2.30. The standard InChI is InChI=1S/C12H18N2O2/c1-8-4-5-9(2)11(6-8)16-10(3)7-12(13)14-15/h4-6,10,15H,7H2,1-3H3,(H2,13,14). The molecule has 4 heteroatoms. The lowest BCUT2D eigenvalue weighted by Crippen LogP contribution is -2.22. The molecule has 1 aromatic rings. The van der Waals surface area contributed by atoms with Crippen LogP contribution in [-0.2, 0) is 0 Å². The number of amidine groups is 1. The average Bonchev–Trinajstić information content (AvgIpc) is 2.23. The van der Waals surface area contributed by atoms with Crippen molar-refractivity contribution in [2.24, 2.45) is 10.9 Å². The number of hydrogen-bond donors (Lipinski definition) is 2. The summed E-state index contributed by atoms with van der Waals surface area (Å²) >= 11 is 0. The van der Waals surface area contributed by atoms with E-state index in [1.165, 1.54) is 0 Å². The lowest BCUT2D eigenvalue weighted by molar-refractivity contribution is 0.225. The Morgan fingerprint density at radius 1 is 1.50 bits per heavy atom. The molecule has 0 aliphatic heterocycles. The molecule has 0 amide bonds. The predicted octanol–water partition coefficient (Wildman–Crippen LogP) is 2.21. The number of rotatable bonds is 4. The first-order chi connectivity index (χ1) is 7.52. The Bertz CT molecular complexity index is 389. The van der Waals surface area contributed by atoms with Crippen molar-refractivity contribution >= 4 is 5.84 Å². The van der Waals surface area contributed by atoms with Crippen LogP contribution in [0.25, 0.3) is 0 Å². The van der Waals surface area contributed by atoms with E-state index in [4.69, 9.17) is 15.7 Å². The monoisotopic (exact) mass is 222 g/mol. The Morgan fingerprint density at radius 2 is 2.19 bits per heavy atom. The van der Waals surface area contributed by atoms with E-state index in [2.05, 4.69) is 5.16 Å². The lowest BCUT2D eigenvalue weighted by atomic mass is 10.1. The van der Waals surface area contributed by atoms with E-state index < -0.39 is 0 Å². The number of benzene rings is 1. The predicted molar refractivity (Wildman–Crippen MR) is 64.0 cm³/mol. The number of ether oxygens (including phenoxy) is 1. The summed E-state index contributed by atoms with van der Waals surface area (Å²) in [6, 6.07) is 6.04. The number of oxime groups is 1. The van der Waals surface area contributed by atoms with Gasteiger partial charge in [0.25, 0.3) is 0 Å². The Hall–Kier alpha value is -1.71. The van der Waals surface area contributed by atoms with Crippen molar-refractivity contribution in [1.82, 2.24) is 0 Å². The van der Waals surface area contributed by atoms with E-state index in [0.717, 1.165) is 16.9 Å². The van der Waals surface area contributed by atoms with Gasteiger partial charge in [-0.15, -0.1) is 0 Å². The second-order valence-corrected chi connectivity index (χ2v) is 3.99. The summed E-state index contributed by atoms with van der Waals surface area (Å²) in [6.45, 7) is 5.89. The van der Waals surface area contributed by atoms with Crippen molar-refractivity contribution in [3.63, 3.8) is 0 Å². The van der Waals surface area contributed by atoms with E-state index in [0.29, 0.717) is 6.42 Å². The van der Waals surface area contributed by atoms with Crippen molar-refractivity contribution in [3.05, 3.63) is 29.3 Å². The minimum absolute atomic E-state index is 0.114. The number of nitrogens with zero attached hydrogens (tertiary/aromatic N) is 1. The molecule has 0 fully saturated rings. The molecule has 0 aliphatic rings. The molecule has 0 aliphatic carbocycles. The maximum atomic E-state index is 8.46.